The van der Waals surface area contributed by atoms with E-state index in [-0.39, 0.29) is 24.4 Å². The van der Waals surface area contributed by atoms with Gasteiger partial charge in [0.2, 0.25) is 0 Å². The summed E-state index contributed by atoms with van der Waals surface area (Å²) in [6.07, 6.45) is 1.54. The minimum Gasteiger partial charge on any atom is -0.445 e. The maximum absolute atomic E-state index is 12.2. The molecule has 0 spiro atoms. The molecular formula is C19H28BNO4. The van der Waals surface area contributed by atoms with Crippen molar-refractivity contribution in [3.8, 4) is 0 Å². The Hall–Kier alpha value is -1.53. The van der Waals surface area contributed by atoms with Gasteiger partial charge in [0.05, 0.1) is 11.2 Å². The molecule has 136 valence electrons. The van der Waals surface area contributed by atoms with Gasteiger partial charge < -0.3 is 18.9 Å². The van der Waals surface area contributed by atoms with Gasteiger partial charge in [0.1, 0.15) is 6.61 Å². The molecule has 0 bridgehead atoms. The van der Waals surface area contributed by atoms with Gasteiger partial charge in [-0.2, -0.15) is 0 Å². The minimum atomic E-state index is -0.301. The largest absolute Gasteiger partial charge is 0.458 e. The molecule has 1 atom stereocenters. The molecule has 1 unspecified atom stereocenters. The van der Waals surface area contributed by atoms with Crippen LogP contribution in [0.25, 0.3) is 0 Å². The lowest BCUT2D eigenvalue weighted by Crippen LogP contribution is -2.41. The Bertz CT molecular complexity index is 589. The van der Waals surface area contributed by atoms with Gasteiger partial charge in [-0.3, -0.25) is 0 Å². The highest BCUT2D eigenvalue weighted by Crippen LogP contribution is 2.39. The fourth-order valence-electron chi connectivity index (χ4n) is 3.33. The first kappa shape index (κ1) is 18.3. The molecule has 2 aliphatic rings. The van der Waals surface area contributed by atoms with Crippen LogP contribution in [-0.4, -0.2) is 42.4 Å². The van der Waals surface area contributed by atoms with Crippen LogP contribution in [0.5, 0.6) is 0 Å². The SMILES string of the molecule is CC1(C)OB(CC2CCN(C(=O)OCc3ccccc3)C2)OC1(C)C. The molecule has 2 saturated heterocycles. The summed E-state index contributed by atoms with van der Waals surface area (Å²) in [5.74, 6) is 0.388. The lowest BCUT2D eigenvalue weighted by atomic mass is 9.77. The first-order chi connectivity index (χ1) is 11.8. The fraction of sp³-hybridized carbons (Fsp3) is 0.632. The third-order valence-electron chi connectivity index (χ3n) is 5.58. The van der Waals surface area contributed by atoms with E-state index >= 15 is 0 Å². The van der Waals surface area contributed by atoms with Gasteiger partial charge >= 0.3 is 13.2 Å². The van der Waals surface area contributed by atoms with Crippen molar-refractivity contribution in [3.63, 3.8) is 0 Å². The molecule has 1 aromatic rings. The van der Waals surface area contributed by atoms with Crippen molar-refractivity contribution < 1.29 is 18.8 Å². The van der Waals surface area contributed by atoms with Crippen LogP contribution >= 0.6 is 0 Å². The molecule has 0 aromatic heterocycles. The van der Waals surface area contributed by atoms with Crippen LogP contribution in [0.4, 0.5) is 4.79 Å². The average Bonchev–Trinajstić information content (AvgIpc) is 3.08. The van der Waals surface area contributed by atoms with Crippen LogP contribution in [-0.2, 0) is 20.7 Å². The van der Waals surface area contributed by atoms with Crippen molar-refractivity contribution >= 4 is 13.2 Å². The summed E-state index contributed by atoms with van der Waals surface area (Å²) < 4.78 is 17.6. The molecule has 1 aromatic carbocycles. The molecule has 0 radical (unpaired) electrons. The number of carbonyl (C=O) groups excluding carboxylic acids is 1. The number of rotatable bonds is 4. The number of likely N-dealkylation sites (tertiary alicyclic amines) is 1. The van der Waals surface area contributed by atoms with Crippen molar-refractivity contribution in [2.24, 2.45) is 5.92 Å². The van der Waals surface area contributed by atoms with Crippen LogP contribution in [0, 0.1) is 5.92 Å². The molecule has 1 amide bonds. The van der Waals surface area contributed by atoms with Crippen LogP contribution in [0.15, 0.2) is 30.3 Å². The standard InChI is InChI=1S/C19H28BNO4/c1-18(2)19(3,4)25-20(24-18)12-16-10-11-21(13-16)17(22)23-14-15-8-6-5-7-9-15/h5-9,16H,10-14H2,1-4H3. The monoisotopic (exact) mass is 345 g/mol. The maximum Gasteiger partial charge on any atom is 0.458 e. The molecule has 2 heterocycles. The highest BCUT2D eigenvalue weighted by Gasteiger charge is 2.51. The average molecular weight is 345 g/mol. The molecule has 2 fully saturated rings. The molecule has 0 aliphatic carbocycles. The van der Waals surface area contributed by atoms with E-state index in [0.29, 0.717) is 19.1 Å². The van der Waals surface area contributed by atoms with Crippen LogP contribution in [0.1, 0.15) is 39.7 Å². The Morgan fingerprint density at radius 2 is 1.84 bits per heavy atom. The second-order valence-corrected chi connectivity index (χ2v) is 8.06. The third kappa shape index (κ3) is 4.18. The smallest absolute Gasteiger partial charge is 0.445 e. The number of carbonyl (C=O) groups is 1. The molecular weight excluding hydrogens is 317 g/mol. The lowest BCUT2D eigenvalue weighted by molar-refractivity contribution is 0.00578. The zero-order chi connectivity index (χ0) is 18.1. The molecule has 6 heteroatoms. The highest BCUT2D eigenvalue weighted by atomic mass is 16.7. The second-order valence-electron chi connectivity index (χ2n) is 8.06. The van der Waals surface area contributed by atoms with Gasteiger partial charge in [-0.15, -0.1) is 0 Å². The quantitative estimate of drug-likeness (QED) is 0.780. The molecule has 25 heavy (non-hydrogen) atoms. The van der Waals surface area contributed by atoms with Crippen molar-refractivity contribution in [3.05, 3.63) is 35.9 Å². The van der Waals surface area contributed by atoms with Crippen molar-refractivity contribution in [1.29, 1.82) is 0 Å². The Morgan fingerprint density at radius 3 is 2.48 bits per heavy atom. The molecule has 0 N–H and O–H groups in total. The van der Waals surface area contributed by atoms with Gasteiger partial charge in [0.15, 0.2) is 0 Å². The van der Waals surface area contributed by atoms with Gasteiger partial charge in [0.25, 0.3) is 0 Å². The predicted molar refractivity (Wildman–Crippen MR) is 97.2 cm³/mol. The van der Waals surface area contributed by atoms with Gasteiger partial charge in [-0.1, -0.05) is 30.3 Å². The normalized spacial score (nSPS) is 24.6. The van der Waals surface area contributed by atoms with Crippen molar-refractivity contribution in [2.45, 2.75) is 58.2 Å². The number of ether oxygens (including phenoxy) is 1. The summed E-state index contributed by atoms with van der Waals surface area (Å²) in [5, 5.41) is 0. The maximum atomic E-state index is 12.2. The van der Waals surface area contributed by atoms with Crippen LogP contribution in [0.2, 0.25) is 6.32 Å². The number of hydrogen-bond donors (Lipinski definition) is 0. The molecule has 2 aliphatic heterocycles. The van der Waals surface area contributed by atoms with E-state index in [4.69, 9.17) is 14.0 Å². The number of amides is 1. The summed E-state index contributed by atoms with van der Waals surface area (Å²) >= 11 is 0. The Balaban J connectivity index is 1.45. The highest BCUT2D eigenvalue weighted by molar-refractivity contribution is 6.45. The van der Waals surface area contributed by atoms with Crippen LogP contribution < -0.4 is 0 Å². The first-order valence-electron chi connectivity index (χ1n) is 9.08. The fourth-order valence-corrected chi connectivity index (χ4v) is 3.33. The minimum absolute atomic E-state index is 0.199. The summed E-state index contributed by atoms with van der Waals surface area (Å²) in [7, 11) is -0.199. The van der Waals surface area contributed by atoms with E-state index in [1.54, 1.807) is 4.90 Å². The number of nitrogens with zero attached hydrogens (tertiary/aromatic N) is 1. The first-order valence-corrected chi connectivity index (χ1v) is 9.08. The Kier molecular flexibility index (Phi) is 5.12. The Morgan fingerprint density at radius 1 is 1.20 bits per heavy atom. The summed E-state index contributed by atoms with van der Waals surface area (Å²) in [6, 6.07) is 9.75. The van der Waals surface area contributed by atoms with Crippen molar-refractivity contribution in [2.75, 3.05) is 13.1 Å². The van der Waals surface area contributed by atoms with Crippen molar-refractivity contribution in [1.82, 2.24) is 4.90 Å². The second kappa shape index (κ2) is 7.00. The van der Waals surface area contributed by atoms with Gasteiger partial charge in [0, 0.05) is 13.1 Å². The summed E-state index contributed by atoms with van der Waals surface area (Å²) in [5.41, 5.74) is 0.401. The van der Waals surface area contributed by atoms with E-state index < -0.39 is 0 Å². The predicted octanol–water partition coefficient (Wildman–Crippen LogP) is 3.74. The molecule has 3 rings (SSSR count). The van der Waals surface area contributed by atoms with E-state index in [2.05, 4.69) is 27.7 Å². The Labute approximate surface area is 150 Å². The molecule has 5 nitrogen and oxygen atoms in total. The lowest BCUT2D eigenvalue weighted by Gasteiger charge is -2.32. The summed E-state index contributed by atoms with van der Waals surface area (Å²) in [4.78, 5) is 14.0. The zero-order valence-corrected chi connectivity index (χ0v) is 15.7. The zero-order valence-electron chi connectivity index (χ0n) is 15.7. The van der Waals surface area contributed by atoms with E-state index in [1.165, 1.54) is 0 Å². The summed E-state index contributed by atoms with van der Waals surface area (Å²) in [6.45, 7) is 10.0. The number of benzene rings is 1. The molecule has 0 saturated carbocycles. The van der Waals surface area contributed by atoms with E-state index in [0.717, 1.165) is 24.8 Å². The van der Waals surface area contributed by atoms with Gasteiger partial charge in [-0.05, 0) is 51.9 Å². The van der Waals surface area contributed by atoms with E-state index in [9.17, 15) is 4.79 Å². The van der Waals surface area contributed by atoms with Gasteiger partial charge in [-0.25, -0.2) is 4.79 Å². The van der Waals surface area contributed by atoms with E-state index in [1.807, 2.05) is 30.3 Å². The number of hydrogen-bond acceptors (Lipinski definition) is 4. The third-order valence-corrected chi connectivity index (χ3v) is 5.58. The topological polar surface area (TPSA) is 48.0 Å². The van der Waals surface area contributed by atoms with Crippen LogP contribution in [0.3, 0.4) is 0 Å².